The van der Waals surface area contributed by atoms with Crippen LogP contribution in [0.5, 0.6) is 0 Å². The maximum absolute atomic E-state index is 13.7. The first-order valence-corrected chi connectivity index (χ1v) is 11.1. The highest BCUT2D eigenvalue weighted by Crippen LogP contribution is 2.43. The van der Waals surface area contributed by atoms with E-state index >= 15 is 0 Å². The average molecular weight is 458 g/mol. The van der Waals surface area contributed by atoms with E-state index in [1.807, 2.05) is 12.1 Å². The fourth-order valence-corrected chi connectivity index (χ4v) is 5.36. The number of quaternary nitrogens is 1. The minimum atomic E-state index is -4.90. The molecule has 31 heavy (non-hydrogen) atoms. The predicted octanol–water partition coefficient (Wildman–Crippen LogP) is 1.27. The smallest absolute Gasteiger partial charge is 0.324 e. The molecule has 2 aromatic carbocycles. The molecule has 4 rings (SSSR count). The number of likely N-dealkylation sites (N-methyl/N-ethyl adjacent to an activating group) is 1. The van der Waals surface area contributed by atoms with Gasteiger partial charge >= 0.3 is 6.18 Å². The molecule has 0 radical (unpaired) electrons. The summed E-state index contributed by atoms with van der Waals surface area (Å²) in [7, 11) is -0.488. The minimum Gasteiger partial charge on any atom is -0.324 e. The van der Waals surface area contributed by atoms with Crippen molar-refractivity contribution in [1.82, 2.24) is 21.9 Å². The van der Waals surface area contributed by atoms with E-state index in [4.69, 9.17) is 5.14 Å². The third-order valence-electron chi connectivity index (χ3n) is 5.70. The van der Waals surface area contributed by atoms with Crippen LogP contribution >= 0.6 is 0 Å². The molecular formula is C19H24F3N6O2S+. The summed E-state index contributed by atoms with van der Waals surface area (Å²) in [5, 5.41) is 5.32. The molecule has 168 valence electrons. The minimum absolute atomic E-state index is 0.0949. The molecule has 0 spiro atoms. The van der Waals surface area contributed by atoms with Crippen molar-refractivity contribution in [3.63, 3.8) is 0 Å². The Morgan fingerprint density at radius 1 is 1.06 bits per heavy atom. The molecule has 0 atom stereocenters. The SMILES string of the molecule is C[N+]1(C)CCc2c(cccc2-c2ccc(C(F)(F)F)c(S(N)(=O)=O)c2C2NNNN2)C1. The summed E-state index contributed by atoms with van der Waals surface area (Å²) in [6, 6.07) is 7.75. The summed E-state index contributed by atoms with van der Waals surface area (Å²) in [6.45, 7) is 1.62. The average Bonchev–Trinajstić information content (AvgIpc) is 3.18. The van der Waals surface area contributed by atoms with Gasteiger partial charge in [-0.15, -0.1) is 0 Å². The lowest BCUT2D eigenvalue weighted by Crippen LogP contribution is -2.43. The number of fused-ring (bicyclic) bond motifs is 1. The van der Waals surface area contributed by atoms with Gasteiger partial charge in [0.05, 0.1) is 26.2 Å². The second-order valence-corrected chi connectivity index (χ2v) is 9.93. The largest absolute Gasteiger partial charge is 0.417 e. The Kier molecular flexibility index (Phi) is 5.37. The van der Waals surface area contributed by atoms with E-state index in [1.165, 1.54) is 6.07 Å². The zero-order valence-electron chi connectivity index (χ0n) is 17.0. The van der Waals surface area contributed by atoms with Crippen molar-refractivity contribution in [3.05, 3.63) is 52.6 Å². The Hall–Kier alpha value is -2.06. The highest BCUT2D eigenvalue weighted by Gasteiger charge is 2.41. The number of hydrogen-bond donors (Lipinski definition) is 5. The molecular weight excluding hydrogens is 433 g/mol. The molecule has 12 heteroatoms. The van der Waals surface area contributed by atoms with Crippen molar-refractivity contribution in [3.8, 4) is 11.1 Å². The third kappa shape index (κ3) is 4.20. The van der Waals surface area contributed by atoms with Crippen LogP contribution in [0.15, 0.2) is 35.2 Å². The maximum Gasteiger partial charge on any atom is 0.417 e. The van der Waals surface area contributed by atoms with E-state index in [-0.39, 0.29) is 5.56 Å². The maximum atomic E-state index is 13.7. The number of halogens is 3. The van der Waals surface area contributed by atoms with Crippen molar-refractivity contribution in [2.24, 2.45) is 5.14 Å². The number of alkyl halides is 3. The molecule has 2 aliphatic rings. The first kappa shape index (κ1) is 22.1. The molecule has 0 aliphatic carbocycles. The second kappa shape index (κ2) is 7.52. The van der Waals surface area contributed by atoms with Crippen LogP contribution in [0.25, 0.3) is 11.1 Å². The van der Waals surface area contributed by atoms with E-state index in [0.717, 1.165) is 34.8 Å². The van der Waals surface area contributed by atoms with Crippen molar-refractivity contribution in [1.29, 1.82) is 0 Å². The Morgan fingerprint density at radius 3 is 2.35 bits per heavy atom. The molecule has 2 aromatic rings. The van der Waals surface area contributed by atoms with Gasteiger partial charge in [0.25, 0.3) is 0 Å². The Balaban J connectivity index is 2.03. The van der Waals surface area contributed by atoms with Crippen LogP contribution in [0.1, 0.15) is 28.4 Å². The van der Waals surface area contributed by atoms with E-state index in [9.17, 15) is 21.6 Å². The topological polar surface area (TPSA) is 108 Å². The lowest BCUT2D eigenvalue weighted by atomic mass is 9.87. The summed E-state index contributed by atoms with van der Waals surface area (Å²) in [5.41, 5.74) is 12.2. The van der Waals surface area contributed by atoms with E-state index < -0.39 is 32.8 Å². The molecule has 1 fully saturated rings. The van der Waals surface area contributed by atoms with E-state index in [1.54, 1.807) is 6.07 Å². The van der Waals surface area contributed by atoms with Gasteiger partial charge in [-0.3, -0.25) is 0 Å². The first-order chi connectivity index (χ1) is 14.4. The fraction of sp³-hybridized carbons (Fsp3) is 0.368. The molecule has 0 aromatic heterocycles. The quantitative estimate of drug-likeness (QED) is 0.445. The summed E-state index contributed by atoms with van der Waals surface area (Å²) in [6.07, 6.45) is -5.16. The number of primary sulfonamides is 1. The van der Waals surface area contributed by atoms with E-state index in [0.29, 0.717) is 17.5 Å². The van der Waals surface area contributed by atoms with Gasteiger partial charge in [-0.2, -0.15) is 24.2 Å². The molecule has 2 aliphatic heterocycles. The highest BCUT2D eigenvalue weighted by molar-refractivity contribution is 7.89. The van der Waals surface area contributed by atoms with Crippen molar-refractivity contribution >= 4 is 10.0 Å². The van der Waals surface area contributed by atoms with Gasteiger partial charge < -0.3 is 4.48 Å². The predicted molar refractivity (Wildman–Crippen MR) is 108 cm³/mol. The zero-order valence-corrected chi connectivity index (χ0v) is 17.8. The Bertz CT molecular complexity index is 1130. The van der Waals surface area contributed by atoms with Gasteiger partial charge in [0.15, 0.2) is 0 Å². The number of nitrogens with one attached hydrogen (secondary N) is 4. The van der Waals surface area contributed by atoms with Crippen LogP contribution in [-0.2, 0) is 29.2 Å². The highest BCUT2D eigenvalue weighted by atomic mass is 32.2. The molecule has 0 amide bonds. The molecule has 0 bridgehead atoms. The van der Waals surface area contributed by atoms with Gasteiger partial charge in [-0.25, -0.2) is 24.4 Å². The first-order valence-electron chi connectivity index (χ1n) is 9.59. The number of benzene rings is 2. The second-order valence-electron chi connectivity index (χ2n) is 8.43. The number of nitrogens with two attached hydrogens (primary N) is 1. The molecule has 0 unspecified atom stereocenters. The summed E-state index contributed by atoms with van der Waals surface area (Å²) in [4.78, 5) is -0.947. The lowest BCUT2D eigenvalue weighted by molar-refractivity contribution is -0.905. The summed E-state index contributed by atoms with van der Waals surface area (Å²) in [5.74, 6) is 0. The number of hydrazine groups is 3. The monoisotopic (exact) mass is 457 g/mol. The van der Waals surface area contributed by atoms with Crippen LogP contribution in [0.3, 0.4) is 0 Å². The van der Waals surface area contributed by atoms with Crippen LogP contribution in [0.4, 0.5) is 13.2 Å². The number of rotatable bonds is 3. The van der Waals surface area contributed by atoms with Crippen LogP contribution in [0, 0.1) is 0 Å². The Labute approximate surface area is 178 Å². The van der Waals surface area contributed by atoms with Crippen LogP contribution < -0.4 is 27.1 Å². The summed E-state index contributed by atoms with van der Waals surface area (Å²) < 4.78 is 66.9. The molecule has 0 saturated carbocycles. The lowest BCUT2D eigenvalue weighted by Gasteiger charge is -2.36. The van der Waals surface area contributed by atoms with Crippen LogP contribution in [-0.4, -0.2) is 33.5 Å². The molecule has 1 saturated heterocycles. The zero-order chi connectivity index (χ0) is 22.6. The number of hydrogen-bond acceptors (Lipinski definition) is 6. The third-order valence-corrected chi connectivity index (χ3v) is 6.71. The van der Waals surface area contributed by atoms with Crippen molar-refractivity contribution < 1.29 is 26.1 Å². The standard InChI is InChI=1S/C19H24F3N6O2S/c1-28(2)9-8-12-11(10-28)4-3-5-13(12)14-6-7-15(19(20,21)22)17(31(23,29)30)16(14)18-24-26-27-25-18/h3-7,18,24-27H,8-10H2,1-2H3,(H2,23,29,30)/q+1. The summed E-state index contributed by atoms with van der Waals surface area (Å²) >= 11 is 0. The van der Waals surface area contributed by atoms with Gasteiger partial charge in [-0.1, -0.05) is 24.3 Å². The van der Waals surface area contributed by atoms with Crippen LogP contribution in [0.2, 0.25) is 0 Å². The van der Waals surface area contributed by atoms with Gasteiger partial charge in [-0.05, 0) is 22.8 Å². The number of nitrogens with zero attached hydrogens (tertiary/aromatic N) is 1. The molecule has 6 N–H and O–H groups in total. The normalized spacial score (nSPS) is 19.4. The molecule has 2 heterocycles. The fourth-order valence-electron chi connectivity index (χ4n) is 4.33. The van der Waals surface area contributed by atoms with Gasteiger partial charge in [0, 0.05) is 17.5 Å². The van der Waals surface area contributed by atoms with Gasteiger partial charge in [0.1, 0.15) is 17.6 Å². The van der Waals surface area contributed by atoms with Gasteiger partial charge in [0.2, 0.25) is 10.0 Å². The number of sulfonamides is 1. The molecule has 8 nitrogen and oxygen atoms in total. The van der Waals surface area contributed by atoms with Crippen molar-refractivity contribution in [2.45, 2.75) is 30.2 Å². The van der Waals surface area contributed by atoms with E-state index in [2.05, 4.69) is 36.0 Å². The Morgan fingerprint density at radius 2 is 1.74 bits per heavy atom. The van der Waals surface area contributed by atoms with Crippen molar-refractivity contribution in [2.75, 3.05) is 20.6 Å².